The van der Waals surface area contributed by atoms with Crippen LogP contribution >= 0.6 is 0 Å². The Morgan fingerprint density at radius 1 is 1.00 bits per heavy atom. The quantitative estimate of drug-likeness (QED) is 0.572. The van der Waals surface area contributed by atoms with Gasteiger partial charge in [-0.25, -0.2) is 13.1 Å². The van der Waals surface area contributed by atoms with Crippen LogP contribution in [0, 0.1) is 0 Å². The van der Waals surface area contributed by atoms with Gasteiger partial charge >= 0.3 is 0 Å². The molecule has 0 unspecified atom stereocenters. The predicted octanol–water partition coefficient (Wildman–Crippen LogP) is 3.12. The van der Waals surface area contributed by atoms with Crippen molar-refractivity contribution in [3.05, 3.63) is 78.3 Å². The molecule has 0 bridgehead atoms. The highest BCUT2D eigenvalue weighted by Gasteiger charge is 2.22. The third kappa shape index (κ3) is 5.55. The van der Waals surface area contributed by atoms with Crippen molar-refractivity contribution in [2.24, 2.45) is 0 Å². The Balaban J connectivity index is 1.37. The molecule has 1 aromatic heterocycles. The number of anilines is 1. The van der Waals surface area contributed by atoms with E-state index in [0.717, 1.165) is 30.9 Å². The van der Waals surface area contributed by atoms with Gasteiger partial charge in [-0.3, -0.25) is 4.79 Å². The van der Waals surface area contributed by atoms with Crippen LogP contribution in [-0.2, 0) is 16.6 Å². The van der Waals surface area contributed by atoms with Crippen LogP contribution in [0.4, 0.5) is 5.69 Å². The molecule has 0 aliphatic carbocycles. The molecule has 1 aliphatic rings. The summed E-state index contributed by atoms with van der Waals surface area (Å²) in [5.74, 6) is 1.24. The zero-order valence-corrected chi connectivity index (χ0v) is 19.3. The van der Waals surface area contributed by atoms with E-state index in [4.69, 9.17) is 9.15 Å². The van der Waals surface area contributed by atoms with E-state index >= 15 is 0 Å². The second-order valence-corrected chi connectivity index (χ2v) is 9.53. The Morgan fingerprint density at radius 3 is 2.42 bits per heavy atom. The van der Waals surface area contributed by atoms with Gasteiger partial charge in [-0.05, 0) is 67.1 Å². The molecule has 4 rings (SSSR count). The number of ether oxygens (including phenoxy) is 1. The van der Waals surface area contributed by atoms with Crippen LogP contribution < -0.4 is 14.4 Å². The molecular formula is C24H27N3O5S. The normalized spacial score (nSPS) is 14.7. The lowest BCUT2D eigenvalue weighted by atomic mass is 10.2. The fourth-order valence-electron chi connectivity index (χ4n) is 3.79. The first-order valence-corrected chi connectivity index (χ1v) is 12.2. The van der Waals surface area contributed by atoms with Gasteiger partial charge in [-0.15, -0.1) is 0 Å². The molecule has 2 aromatic carbocycles. The van der Waals surface area contributed by atoms with Crippen molar-refractivity contribution >= 4 is 21.6 Å². The van der Waals surface area contributed by atoms with Gasteiger partial charge in [0.25, 0.3) is 5.91 Å². The van der Waals surface area contributed by atoms with Crippen LogP contribution in [0.15, 0.2) is 76.2 Å². The smallest absolute Gasteiger partial charge is 0.253 e. The van der Waals surface area contributed by atoms with Crippen molar-refractivity contribution in [1.29, 1.82) is 0 Å². The van der Waals surface area contributed by atoms with Crippen LogP contribution in [0.1, 0.15) is 22.5 Å². The maximum Gasteiger partial charge on any atom is 0.253 e. The zero-order chi connectivity index (χ0) is 23.3. The predicted molar refractivity (Wildman–Crippen MR) is 125 cm³/mol. The molecule has 1 amide bonds. The van der Waals surface area contributed by atoms with Gasteiger partial charge < -0.3 is 19.0 Å². The van der Waals surface area contributed by atoms with Gasteiger partial charge in [0, 0.05) is 37.4 Å². The Labute approximate surface area is 193 Å². The number of amides is 1. The fraction of sp³-hybridized carbons (Fsp3) is 0.292. The number of rotatable bonds is 7. The minimum absolute atomic E-state index is 0.0640. The second kappa shape index (κ2) is 10.1. The third-order valence-electron chi connectivity index (χ3n) is 5.65. The molecule has 0 saturated carbocycles. The number of nitrogens with one attached hydrogen (secondary N) is 1. The molecule has 174 valence electrons. The van der Waals surface area contributed by atoms with E-state index < -0.39 is 10.0 Å². The number of sulfonamides is 1. The molecule has 1 N–H and O–H groups in total. The molecular weight excluding hydrogens is 442 g/mol. The molecule has 0 spiro atoms. The Hall–Kier alpha value is -3.30. The number of hydrogen-bond donors (Lipinski definition) is 1. The third-order valence-corrected chi connectivity index (χ3v) is 7.07. The summed E-state index contributed by atoms with van der Waals surface area (Å²) in [5.41, 5.74) is 1.57. The van der Waals surface area contributed by atoms with Gasteiger partial charge in [0.05, 0.1) is 24.8 Å². The van der Waals surface area contributed by atoms with E-state index in [0.29, 0.717) is 24.4 Å². The van der Waals surface area contributed by atoms with Crippen molar-refractivity contribution in [3.63, 3.8) is 0 Å². The summed E-state index contributed by atoms with van der Waals surface area (Å²) in [5, 5.41) is 0. The summed E-state index contributed by atoms with van der Waals surface area (Å²) >= 11 is 0. The maximum absolute atomic E-state index is 13.0. The van der Waals surface area contributed by atoms with Crippen LogP contribution in [0.25, 0.3) is 0 Å². The fourth-order valence-corrected chi connectivity index (χ4v) is 4.79. The summed E-state index contributed by atoms with van der Waals surface area (Å²) in [6, 6.07) is 17.4. The lowest BCUT2D eigenvalue weighted by Crippen LogP contribution is -2.35. The van der Waals surface area contributed by atoms with E-state index in [1.165, 1.54) is 18.4 Å². The summed E-state index contributed by atoms with van der Waals surface area (Å²) in [6.07, 6.45) is 2.34. The minimum Gasteiger partial charge on any atom is -0.497 e. The van der Waals surface area contributed by atoms with Crippen LogP contribution in [0.2, 0.25) is 0 Å². The first-order chi connectivity index (χ1) is 16.0. The maximum atomic E-state index is 13.0. The van der Waals surface area contributed by atoms with E-state index in [9.17, 15) is 13.2 Å². The highest BCUT2D eigenvalue weighted by atomic mass is 32.2. The van der Waals surface area contributed by atoms with Crippen molar-refractivity contribution in [1.82, 2.24) is 9.62 Å². The molecule has 2 heterocycles. The van der Waals surface area contributed by atoms with Gasteiger partial charge in [0.2, 0.25) is 10.0 Å². The Morgan fingerprint density at radius 2 is 1.76 bits per heavy atom. The van der Waals surface area contributed by atoms with E-state index in [1.54, 1.807) is 31.4 Å². The summed E-state index contributed by atoms with van der Waals surface area (Å²) < 4.78 is 37.9. The van der Waals surface area contributed by atoms with Crippen LogP contribution in [0.5, 0.6) is 5.75 Å². The topological polar surface area (TPSA) is 92.1 Å². The molecule has 0 atom stereocenters. The molecule has 0 radical (unpaired) electrons. The average molecular weight is 470 g/mol. The first-order valence-electron chi connectivity index (χ1n) is 10.8. The lowest BCUT2D eigenvalue weighted by Gasteiger charge is -2.24. The SMILES string of the molecule is COc1ccc(N2CCCN(C(=O)c3ccc(S(=O)(=O)NCc4ccco4)cc3)CC2)cc1. The van der Waals surface area contributed by atoms with Gasteiger partial charge in [-0.2, -0.15) is 0 Å². The van der Waals surface area contributed by atoms with Crippen LogP contribution in [-0.4, -0.2) is 52.5 Å². The number of furan rings is 1. The highest BCUT2D eigenvalue weighted by molar-refractivity contribution is 7.89. The zero-order valence-electron chi connectivity index (χ0n) is 18.4. The van der Waals surface area contributed by atoms with E-state index in [-0.39, 0.29) is 17.3 Å². The van der Waals surface area contributed by atoms with Crippen molar-refractivity contribution in [3.8, 4) is 5.75 Å². The number of benzene rings is 2. The summed E-state index contributed by atoms with van der Waals surface area (Å²) in [6.45, 7) is 2.89. The van der Waals surface area contributed by atoms with E-state index in [2.05, 4.69) is 9.62 Å². The minimum atomic E-state index is -3.70. The van der Waals surface area contributed by atoms with Gasteiger partial charge in [-0.1, -0.05) is 0 Å². The molecule has 1 fully saturated rings. The number of hydrogen-bond acceptors (Lipinski definition) is 6. The number of carbonyl (C=O) groups is 1. The monoisotopic (exact) mass is 469 g/mol. The van der Waals surface area contributed by atoms with Crippen molar-refractivity contribution < 1.29 is 22.4 Å². The number of methoxy groups -OCH3 is 1. The molecule has 1 saturated heterocycles. The van der Waals surface area contributed by atoms with Gasteiger partial charge in [0.15, 0.2) is 0 Å². The Kier molecular flexibility index (Phi) is 7.00. The largest absolute Gasteiger partial charge is 0.497 e. The highest BCUT2D eigenvalue weighted by Crippen LogP contribution is 2.21. The molecule has 8 nitrogen and oxygen atoms in total. The number of nitrogens with zero attached hydrogens (tertiary/aromatic N) is 2. The standard InChI is InChI=1S/C24H27N3O5S/c1-31-21-9-7-20(8-10-21)26-13-3-14-27(16-15-26)24(28)19-5-11-23(12-6-19)33(29,30)25-18-22-4-2-17-32-22/h2,4-12,17,25H,3,13-16,18H2,1H3. The molecule has 1 aliphatic heterocycles. The average Bonchev–Trinajstić information content (AvgIpc) is 3.25. The first kappa shape index (κ1) is 22.9. The van der Waals surface area contributed by atoms with Crippen molar-refractivity contribution in [2.75, 3.05) is 38.2 Å². The summed E-state index contributed by atoms with van der Waals surface area (Å²) in [7, 11) is -2.06. The molecule has 3 aromatic rings. The van der Waals surface area contributed by atoms with Crippen molar-refractivity contribution in [2.45, 2.75) is 17.9 Å². The number of carbonyl (C=O) groups excluding carboxylic acids is 1. The summed E-state index contributed by atoms with van der Waals surface area (Å²) in [4.78, 5) is 17.2. The Bertz CT molecular complexity index is 1160. The van der Waals surface area contributed by atoms with Crippen LogP contribution in [0.3, 0.4) is 0 Å². The lowest BCUT2D eigenvalue weighted by molar-refractivity contribution is 0.0767. The molecule has 33 heavy (non-hydrogen) atoms. The molecule has 9 heteroatoms. The van der Waals surface area contributed by atoms with E-state index in [1.807, 2.05) is 29.2 Å². The second-order valence-electron chi connectivity index (χ2n) is 7.76. The van der Waals surface area contributed by atoms with Gasteiger partial charge in [0.1, 0.15) is 11.5 Å².